The number of carbonyl (C=O) groups is 1. The van der Waals surface area contributed by atoms with Crippen LogP contribution in [0.15, 0.2) is 28.8 Å². The fourth-order valence-electron chi connectivity index (χ4n) is 4.30. The van der Waals surface area contributed by atoms with Gasteiger partial charge in [0, 0.05) is 31.1 Å². The van der Waals surface area contributed by atoms with Crippen LogP contribution in [0.25, 0.3) is 0 Å². The molecule has 3 heterocycles. The smallest absolute Gasteiger partial charge is 0.227 e. The highest BCUT2D eigenvalue weighted by Crippen LogP contribution is 2.43. The Morgan fingerprint density at radius 3 is 2.96 bits per heavy atom. The third-order valence-corrected chi connectivity index (χ3v) is 5.58. The van der Waals surface area contributed by atoms with E-state index in [2.05, 4.69) is 10.5 Å². The van der Waals surface area contributed by atoms with E-state index in [9.17, 15) is 9.18 Å². The number of amides is 1. The Balaban J connectivity index is 1.64. The molecule has 1 N–H and O–H groups in total. The van der Waals surface area contributed by atoms with Gasteiger partial charge < -0.3 is 14.7 Å². The molecule has 0 aliphatic carbocycles. The van der Waals surface area contributed by atoms with E-state index in [1.807, 2.05) is 24.8 Å². The number of nitrogens with zero attached hydrogens (tertiary/aromatic N) is 2. The van der Waals surface area contributed by atoms with E-state index in [1.54, 1.807) is 12.1 Å². The van der Waals surface area contributed by atoms with E-state index in [-0.39, 0.29) is 24.2 Å². The third kappa shape index (κ3) is 2.84. The molecule has 0 saturated carbocycles. The Morgan fingerprint density at radius 1 is 1.40 bits per heavy atom. The van der Waals surface area contributed by atoms with Crippen LogP contribution in [-0.2, 0) is 11.2 Å². The first-order chi connectivity index (χ1) is 12.0. The van der Waals surface area contributed by atoms with Gasteiger partial charge >= 0.3 is 0 Å². The van der Waals surface area contributed by atoms with E-state index in [4.69, 9.17) is 4.52 Å². The average Bonchev–Trinajstić information content (AvgIpc) is 3.25. The molecule has 0 radical (unpaired) electrons. The molecule has 3 atom stereocenters. The largest absolute Gasteiger partial charge is 0.361 e. The topological polar surface area (TPSA) is 58.4 Å². The van der Waals surface area contributed by atoms with Gasteiger partial charge in [-0.25, -0.2) is 4.39 Å². The number of carbonyl (C=O) groups excluding carboxylic acids is 1. The molecule has 0 unspecified atom stereocenters. The minimum absolute atomic E-state index is 0.0538. The number of nitrogens with one attached hydrogen (secondary N) is 1. The number of aryl methyl sites for hydroxylation is 2. The number of hydrogen-bond donors (Lipinski definition) is 1. The number of aromatic nitrogens is 1. The first kappa shape index (κ1) is 16.3. The van der Waals surface area contributed by atoms with Crippen LogP contribution >= 0.6 is 0 Å². The van der Waals surface area contributed by atoms with Crippen LogP contribution < -0.4 is 5.32 Å². The van der Waals surface area contributed by atoms with Gasteiger partial charge in [0.15, 0.2) is 0 Å². The van der Waals surface area contributed by atoms with Crippen LogP contribution in [0.5, 0.6) is 0 Å². The van der Waals surface area contributed by atoms with E-state index in [0.29, 0.717) is 24.1 Å². The fraction of sp³-hybridized carbons (Fsp3) is 0.474. The van der Waals surface area contributed by atoms with Gasteiger partial charge in [-0.3, -0.25) is 4.79 Å². The number of benzene rings is 1. The number of fused-ring (bicyclic) bond motifs is 1. The minimum atomic E-state index is -0.259. The summed E-state index contributed by atoms with van der Waals surface area (Å²) in [4.78, 5) is 15.0. The van der Waals surface area contributed by atoms with Gasteiger partial charge in [-0.05, 0) is 37.5 Å². The van der Waals surface area contributed by atoms with Crippen molar-refractivity contribution in [3.63, 3.8) is 0 Å². The van der Waals surface area contributed by atoms with Crippen molar-refractivity contribution in [1.29, 1.82) is 0 Å². The van der Waals surface area contributed by atoms with Crippen LogP contribution in [0.3, 0.4) is 0 Å². The highest BCUT2D eigenvalue weighted by molar-refractivity contribution is 5.80. The predicted molar refractivity (Wildman–Crippen MR) is 90.4 cm³/mol. The van der Waals surface area contributed by atoms with Crippen LogP contribution in [-0.4, -0.2) is 35.6 Å². The molecule has 0 bridgehead atoms. The quantitative estimate of drug-likeness (QED) is 0.930. The molecule has 25 heavy (non-hydrogen) atoms. The molecule has 0 spiro atoms. The molecule has 5 nitrogen and oxygen atoms in total. The predicted octanol–water partition coefficient (Wildman–Crippen LogP) is 2.39. The molecule has 4 rings (SSSR count). The summed E-state index contributed by atoms with van der Waals surface area (Å²) in [6, 6.07) is 6.56. The molecular weight excluding hydrogens is 321 g/mol. The first-order valence-electron chi connectivity index (χ1n) is 8.72. The fourth-order valence-corrected chi connectivity index (χ4v) is 4.30. The number of likely N-dealkylation sites (tertiary alicyclic amines) is 1. The van der Waals surface area contributed by atoms with Crippen LogP contribution in [0.2, 0.25) is 0 Å². The van der Waals surface area contributed by atoms with Gasteiger partial charge in [0.1, 0.15) is 11.6 Å². The maximum atomic E-state index is 13.8. The van der Waals surface area contributed by atoms with Gasteiger partial charge in [0.2, 0.25) is 5.91 Å². The lowest BCUT2D eigenvalue weighted by molar-refractivity contribution is -0.132. The van der Waals surface area contributed by atoms with Crippen molar-refractivity contribution >= 4 is 5.91 Å². The lowest BCUT2D eigenvalue weighted by Crippen LogP contribution is -2.35. The zero-order valence-electron chi connectivity index (χ0n) is 14.5. The van der Waals surface area contributed by atoms with Crippen molar-refractivity contribution in [3.8, 4) is 0 Å². The third-order valence-electron chi connectivity index (χ3n) is 5.58. The van der Waals surface area contributed by atoms with Gasteiger partial charge in [-0.2, -0.15) is 0 Å². The lowest BCUT2D eigenvalue weighted by atomic mass is 9.89. The second-order valence-electron chi connectivity index (χ2n) is 7.11. The summed E-state index contributed by atoms with van der Waals surface area (Å²) < 4.78 is 18.9. The SMILES string of the molecule is Cc1noc(C)c1CC(=O)N1C[C@@H]2CNC[C@@H]2[C@H]1c1cccc(F)c1. The highest BCUT2D eigenvalue weighted by atomic mass is 19.1. The van der Waals surface area contributed by atoms with E-state index in [0.717, 1.165) is 29.9 Å². The van der Waals surface area contributed by atoms with Gasteiger partial charge in [0.25, 0.3) is 0 Å². The van der Waals surface area contributed by atoms with Crippen LogP contribution in [0, 0.1) is 31.5 Å². The normalized spacial score (nSPS) is 25.4. The monoisotopic (exact) mass is 343 g/mol. The molecule has 2 fully saturated rings. The molecule has 132 valence electrons. The molecule has 1 aromatic heterocycles. The molecular formula is C19H22FN3O2. The molecule has 1 aromatic carbocycles. The molecule has 2 saturated heterocycles. The molecule has 2 aliphatic heterocycles. The second-order valence-corrected chi connectivity index (χ2v) is 7.11. The summed E-state index contributed by atoms with van der Waals surface area (Å²) in [7, 11) is 0. The maximum Gasteiger partial charge on any atom is 0.227 e. The standard InChI is InChI=1S/C19H22FN3O2/c1-11-16(12(2)25-22-11)7-18(24)23-10-14-8-21-9-17(14)19(23)13-4-3-5-15(20)6-13/h3-6,14,17,19,21H,7-10H2,1-2H3/t14-,17-,19+/m0/s1. The van der Waals surface area contributed by atoms with Crippen molar-refractivity contribution in [1.82, 2.24) is 15.4 Å². The summed E-state index contributed by atoms with van der Waals surface area (Å²) in [5, 5.41) is 7.34. The Bertz CT molecular complexity index is 784. The summed E-state index contributed by atoms with van der Waals surface area (Å²) >= 11 is 0. The lowest BCUT2D eigenvalue weighted by Gasteiger charge is -2.28. The number of hydrogen-bond acceptors (Lipinski definition) is 4. The van der Waals surface area contributed by atoms with E-state index < -0.39 is 0 Å². The highest BCUT2D eigenvalue weighted by Gasteiger charge is 2.46. The van der Waals surface area contributed by atoms with Crippen molar-refractivity contribution in [2.45, 2.75) is 26.3 Å². The molecule has 6 heteroatoms. The van der Waals surface area contributed by atoms with Gasteiger partial charge in [-0.15, -0.1) is 0 Å². The zero-order valence-corrected chi connectivity index (χ0v) is 14.5. The van der Waals surface area contributed by atoms with Gasteiger partial charge in [-0.1, -0.05) is 17.3 Å². The molecule has 2 aromatic rings. The molecule has 1 amide bonds. The Morgan fingerprint density at radius 2 is 2.24 bits per heavy atom. The second kappa shape index (κ2) is 6.26. The summed E-state index contributed by atoms with van der Waals surface area (Å²) in [6.45, 7) is 6.16. The summed E-state index contributed by atoms with van der Waals surface area (Å²) in [5.74, 6) is 1.23. The maximum absolute atomic E-state index is 13.8. The van der Waals surface area contributed by atoms with E-state index in [1.165, 1.54) is 6.07 Å². The molecule has 2 aliphatic rings. The number of halogens is 1. The Kier molecular flexibility index (Phi) is 4.07. The van der Waals surface area contributed by atoms with Crippen molar-refractivity contribution in [3.05, 3.63) is 52.7 Å². The number of rotatable bonds is 3. The van der Waals surface area contributed by atoms with E-state index >= 15 is 0 Å². The first-order valence-corrected chi connectivity index (χ1v) is 8.72. The van der Waals surface area contributed by atoms with Crippen LogP contribution in [0.4, 0.5) is 4.39 Å². The summed E-state index contributed by atoms with van der Waals surface area (Å²) in [6.07, 6.45) is 0.278. The van der Waals surface area contributed by atoms with Crippen molar-refractivity contribution in [2.75, 3.05) is 19.6 Å². The van der Waals surface area contributed by atoms with Gasteiger partial charge in [0.05, 0.1) is 18.2 Å². The van der Waals surface area contributed by atoms with Crippen molar-refractivity contribution < 1.29 is 13.7 Å². The Hall–Kier alpha value is -2.21. The summed E-state index contributed by atoms with van der Waals surface area (Å²) in [5.41, 5.74) is 2.50. The van der Waals surface area contributed by atoms with Crippen molar-refractivity contribution in [2.24, 2.45) is 11.8 Å². The Labute approximate surface area is 146 Å². The zero-order chi connectivity index (χ0) is 17.6. The van der Waals surface area contributed by atoms with Crippen LogP contribution in [0.1, 0.15) is 28.6 Å². The average molecular weight is 343 g/mol. The minimum Gasteiger partial charge on any atom is -0.361 e.